The van der Waals surface area contributed by atoms with Crippen molar-refractivity contribution >= 4 is 6.09 Å². The van der Waals surface area contributed by atoms with Crippen LogP contribution in [0.15, 0.2) is 43.0 Å². The molecule has 102 valence electrons. The van der Waals surface area contributed by atoms with E-state index in [0.29, 0.717) is 6.54 Å². The second kappa shape index (κ2) is 5.86. The molecule has 1 aromatic carbocycles. The molecule has 0 aliphatic carbocycles. The molecular formula is C14H17NO4. The lowest BCUT2D eigenvalue weighted by atomic mass is 10.1. The maximum absolute atomic E-state index is 11.8. The number of ether oxygens (including phenoxy) is 1. The number of nitrogens with zero attached hydrogens (tertiary/aromatic N) is 1. The van der Waals surface area contributed by atoms with Crippen LogP contribution in [-0.4, -0.2) is 46.1 Å². The summed E-state index contributed by atoms with van der Waals surface area (Å²) in [5.74, 6) is 0. The highest BCUT2D eigenvalue weighted by Gasteiger charge is 2.43. The average molecular weight is 263 g/mol. The zero-order valence-electron chi connectivity index (χ0n) is 10.5. The molecule has 5 heteroatoms. The van der Waals surface area contributed by atoms with Gasteiger partial charge in [-0.1, -0.05) is 36.4 Å². The largest absolute Gasteiger partial charge is 0.441 e. The first-order valence-electron chi connectivity index (χ1n) is 6.10. The van der Waals surface area contributed by atoms with Gasteiger partial charge in [0, 0.05) is 6.54 Å². The minimum Gasteiger partial charge on any atom is -0.441 e. The smallest absolute Gasteiger partial charge is 0.411 e. The van der Waals surface area contributed by atoms with E-state index < -0.39 is 30.9 Å². The molecule has 0 bridgehead atoms. The van der Waals surface area contributed by atoms with E-state index in [1.54, 1.807) is 6.08 Å². The molecule has 1 heterocycles. The monoisotopic (exact) mass is 263 g/mol. The van der Waals surface area contributed by atoms with E-state index >= 15 is 0 Å². The van der Waals surface area contributed by atoms with Gasteiger partial charge in [-0.2, -0.15) is 0 Å². The Morgan fingerprint density at radius 1 is 1.42 bits per heavy atom. The van der Waals surface area contributed by atoms with Crippen molar-refractivity contribution in [3.8, 4) is 0 Å². The molecule has 0 saturated carbocycles. The molecule has 0 unspecified atom stereocenters. The predicted molar refractivity (Wildman–Crippen MR) is 69.3 cm³/mol. The Morgan fingerprint density at radius 2 is 2.11 bits per heavy atom. The van der Waals surface area contributed by atoms with Crippen LogP contribution < -0.4 is 0 Å². The van der Waals surface area contributed by atoms with Crippen LogP contribution >= 0.6 is 0 Å². The Kier molecular flexibility index (Phi) is 4.19. The summed E-state index contributed by atoms with van der Waals surface area (Å²) in [7, 11) is 0. The van der Waals surface area contributed by atoms with Crippen molar-refractivity contribution in [2.45, 2.75) is 24.8 Å². The van der Waals surface area contributed by atoms with Crippen LogP contribution in [0.2, 0.25) is 0 Å². The Bertz CT molecular complexity index is 448. The van der Waals surface area contributed by atoms with E-state index in [1.165, 1.54) is 4.90 Å². The van der Waals surface area contributed by atoms with Crippen LogP contribution in [0.4, 0.5) is 4.79 Å². The molecule has 1 saturated heterocycles. The molecule has 1 amide bonds. The first kappa shape index (κ1) is 13.6. The summed E-state index contributed by atoms with van der Waals surface area (Å²) in [6.45, 7) is 3.59. The van der Waals surface area contributed by atoms with Crippen molar-refractivity contribution in [3.63, 3.8) is 0 Å². The van der Waals surface area contributed by atoms with Gasteiger partial charge >= 0.3 is 6.09 Å². The molecule has 2 rings (SSSR count). The average Bonchev–Trinajstić information content (AvgIpc) is 2.76. The summed E-state index contributed by atoms with van der Waals surface area (Å²) in [4.78, 5) is 13.3. The molecule has 3 atom stereocenters. The van der Waals surface area contributed by atoms with E-state index in [4.69, 9.17) is 9.84 Å². The number of rotatable bonds is 5. The fourth-order valence-corrected chi connectivity index (χ4v) is 2.17. The Morgan fingerprint density at radius 3 is 2.68 bits per heavy atom. The Balaban J connectivity index is 2.15. The minimum absolute atomic E-state index is 0.380. The topological polar surface area (TPSA) is 70.0 Å². The van der Waals surface area contributed by atoms with E-state index in [1.807, 2.05) is 30.3 Å². The second-order valence-corrected chi connectivity index (χ2v) is 4.44. The minimum atomic E-state index is -1.10. The van der Waals surface area contributed by atoms with Gasteiger partial charge in [0.25, 0.3) is 0 Å². The number of aliphatic hydroxyl groups is 2. The van der Waals surface area contributed by atoms with Crippen molar-refractivity contribution in [1.29, 1.82) is 0 Å². The van der Waals surface area contributed by atoms with Crippen molar-refractivity contribution < 1.29 is 19.7 Å². The summed E-state index contributed by atoms with van der Waals surface area (Å²) in [6, 6.07) is 9.04. The van der Waals surface area contributed by atoms with Crippen LogP contribution in [0, 0.1) is 0 Å². The highest BCUT2D eigenvalue weighted by atomic mass is 16.6. The summed E-state index contributed by atoms with van der Waals surface area (Å²) in [6.07, 6.45) is -0.838. The SMILES string of the molecule is C=C[C@@H]1[C@@H]([C@H](O)CO)OC(=O)N1Cc1ccccc1. The lowest BCUT2D eigenvalue weighted by Gasteiger charge is -2.23. The first-order valence-corrected chi connectivity index (χ1v) is 6.10. The summed E-state index contributed by atoms with van der Waals surface area (Å²) < 4.78 is 5.11. The fraction of sp³-hybridized carbons (Fsp3) is 0.357. The number of carbonyl (C=O) groups is 1. The van der Waals surface area contributed by atoms with E-state index in [9.17, 15) is 9.90 Å². The van der Waals surface area contributed by atoms with Gasteiger partial charge in [-0.15, -0.1) is 6.58 Å². The molecule has 0 aromatic heterocycles. The second-order valence-electron chi connectivity index (χ2n) is 4.44. The number of hydrogen-bond donors (Lipinski definition) is 2. The van der Waals surface area contributed by atoms with Crippen molar-refractivity contribution in [3.05, 3.63) is 48.6 Å². The van der Waals surface area contributed by atoms with Gasteiger partial charge in [-0.05, 0) is 5.56 Å². The van der Waals surface area contributed by atoms with E-state index in [-0.39, 0.29) is 0 Å². The lowest BCUT2D eigenvalue weighted by Crippen LogP contribution is -2.41. The molecule has 19 heavy (non-hydrogen) atoms. The van der Waals surface area contributed by atoms with Gasteiger partial charge in [-0.3, -0.25) is 4.90 Å². The van der Waals surface area contributed by atoms with Gasteiger partial charge in [0.15, 0.2) is 6.10 Å². The Hall–Kier alpha value is -1.85. The lowest BCUT2D eigenvalue weighted by molar-refractivity contribution is -0.00849. The molecule has 1 fully saturated rings. The van der Waals surface area contributed by atoms with Crippen LogP contribution in [0.25, 0.3) is 0 Å². The van der Waals surface area contributed by atoms with Crippen LogP contribution in [0.3, 0.4) is 0 Å². The van der Waals surface area contributed by atoms with Crippen molar-refractivity contribution in [1.82, 2.24) is 4.90 Å². The zero-order chi connectivity index (χ0) is 13.8. The number of cyclic esters (lactones) is 1. The van der Waals surface area contributed by atoms with Gasteiger partial charge in [-0.25, -0.2) is 4.79 Å². The molecule has 1 aromatic rings. The normalized spacial score (nSPS) is 24.1. The summed E-state index contributed by atoms with van der Waals surface area (Å²) >= 11 is 0. The van der Waals surface area contributed by atoms with Crippen LogP contribution in [0.1, 0.15) is 5.56 Å². The molecule has 5 nitrogen and oxygen atoms in total. The summed E-state index contributed by atoms with van der Waals surface area (Å²) in [5, 5.41) is 18.6. The van der Waals surface area contributed by atoms with Crippen molar-refractivity contribution in [2.24, 2.45) is 0 Å². The van der Waals surface area contributed by atoms with Gasteiger partial charge in [0.1, 0.15) is 6.10 Å². The highest BCUT2D eigenvalue weighted by Crippen LogP contribution is 2.25. The van der Waals surface area contributed by atoms with Gasteiger partial charge < -0.3 is 14.9 Å². The molecule has 0 spiro atoms. The summed E-state index contributed by atoms with van der Waals surface area (Å²) in [5.41, 5.74) is 0.963. The van der Waals surface area contributed by atoms with Crippen LogP contribution in [-0.2, 0) is 11.3 Å². The standard InChI is InChI=1S/C14H17NO4/c1-2-11-13(12(17)9-16)19-14(18)15(11)8-10-6-4-3-5-7-10/h2-7,11-13,16-17H,1,8-9H2/t11-,12-,13+/m1/s1. The number of amides is 1. The maximum Gasteiger partial charge on any atom is 0.411 e. The fourth-order valence-electron chi connectivity index (χ4n) is 2.17. The molecule has 1 aliphatic heterocycles. The molecular weight excluding hydrogens is 246 g/mol. The van der Waals surface area contributed by atoms with Crippen LogP contribution in [0.5, 0.6) is 0 Å². The van der Waals surface area contributed by atoms with Gasteiger partial charge in [0.2, 0.25) is 0 Å². The third-order valence-electron chi connectivity index (χ3n) is 3.17. The number of benzene rings is 1. The predicted octanol–water partition coefficient (Wildman–Crippen LogP) is 0.915. The van der Waals surface area contributed by atoms with E-state index in [0.717, 1.165) is 5.56 Å². The molecule has 1 aliphatic rings. The third-order valence-corrected chi connectivity index (χ3v) is 3.17. The maximum atomic E-state index is 11.8. The molecule has 0 radical (unpaired) electrons. The van der Waals surface area contributed by atoms with E-state index in [2.05, 4.69) is 6.58 Å². The third kappa shape index (κ3) is 2.77. The van der Waals surface area contributed by atoms with Crippen molar-refractivity contribution in [2.75, 3.05) is 6.61 Å². The first-order chi connectivity index (χ1) is 9.17. The number of aliphatic hydroxyl groups excluding tert-OH is 2. The highest BCUT2D eigenvalue weighted by molar-refractivity contribution is 5.71. The molecule has 2 N–H and O–H groups in total. The zero-order valence-corrected chi connectivity index (χ0v) is 10.5. The quantitative estimate of drug-likeness (QED) is 0.775. The van der Waals surface area contributed by atoms with Gasteiger partial charge in [0.05, 0.1) is 12.6 Å². The number of hydrogen-bond acceptors (Lipinski definition) is 4. The number of carbonyl (C=O) groups excluding carboxylic acids is 1. The Labute approximate surface area is 111 Å².